The molecule has 1 N–H and O–H groups in total. The SMILES string of the molecule is CCNC(C1=COCCC1)c1cnn(C)c1. The summed E-state index contributed by atoms with van der Waals surface area (Å²) in [5.74, 6) is 0. The van der Waals surface area contributed by atoms with Gasteiger partial charge < -0.3 is 10.1 Å². The lowest BCUT2D eigenvalue weighted by Gasteiger charge is -2.23. The third kappa shape index (κ3) is 2.44. The second-order valence-corrected chi connectivity index (χ2v) is 4.11. The van der Waals surface area contributed by atoms with Crippen molar-refractivity contribution in [3.8, 4) is 0 Å². The predicted molar refractivity (Wildman–Crippen MR) is 62.9 cm³/mol. The maximum Gasteiger partial charge on any atom is 0.0876 e. The van der Waals surface area contributed by atoms with Gasteiger partial charge in [-0.2, -0.15) is 5.10 Å². The first-order chi connectivity index (χ1) is 7.81. The summed E-state index contributed by atoms with van der Waals surface area (Å²) in [5, 5.41) is 7.70. The van der Waals surface area contributed by atoms with Crippen LogP contribution >= 0.6 is 0 Å². The normalized spacial score (nSPS) is 17.8. The first-order valence-electron chi connectivity index (χ1n) is 5.83. The molecule has 0 radical (unpaired) electrons. The number of hydrogen-bond donors (Lipinski definition) is 1. The molecule has 1 aliphatic rings. The van der Waals surface area contributed by atoms with Crippen LogP contribution in [0.2, 0.25) is 0 Å². The van der Waals surface area contributed by atoms with E-state index in [-0.39, 0.29) is 6.04 Å². The van der Waals surface area contributed by atoms with Crippen molar-refractivity contribution in [1.29, 1.82) is 0 Å². The number of ether oxygens (including phenoxy) is 1. The standard InChI is InChI=1S/C12H19N3O/c1-3-13-12(10-5-4-6-16-9-10)11-7-14-15(2)8-11/h7-9,12-13H,3-6H2,1-2H3. The van der Waals surface area contributed by atoms with E-state index in [0.717, 1.165) is 26.0 Å². The van der Waals surface area contributed by atoms with E-state index in [1.807, 2.05) is 24.2 Å². The Balaban J connectivity index is 2.19. The third-order valence-corrected chi connectivity index (χ3v) is 2.80. The molecule has 0 bridgehead atoms. The number of nitrogens with one attached hydrogen (secondary N) is 1. The van der Waals surface area contributed by atoms with Gasteiger partial charge in [0.25, 0.3) is 0 Å². The molecular weight excluding hydrogens is 202 g/mol. The van der Waals surface area contributed by atoms with Crippen LogP contribution in [0.25, 0.3) is 0 Å². The highest BCUT2D eigenvalue weighted by atomic mass is 16.5. The Hall–Kier alpha value is -1.29. The van der Waals surface area contributed by atoms with Crippen LogP contribution in [0.4, 0.5) is 0 Å². The molecule has 16 heavy (non-hydrogen) atoms. The maximum atomic E-state index is 5.41. The molecule has 4 nitrogen and oxygen atoms in total. The zero-order valence-corrected chi connectivity index (χ0v) is 9.94. The average molecular weight is 221 g/mol. The molecule has 1 unspecified atom stereocenters. The zero-order chi connectivity index (χ0) is 11.4. The molecular formula is C12H19N3O. The Morgan fingerprint density at radius 3 is 3.06 bits per heavy atom. The molecule has 1 aromatic rings. The minimum Gasteiger partial charge on any atom is -0.501 e. The highest BCUT2D eigenvalue weighted by Gasteiger charge is 2.19. The number of aryl methyl sites for hydroxylation is 1. The van der Waals surface area contributed by atoms with E-state index in [2.05, 4.69) is 23.5 Å². The Bertz CT molecular complexity index is 370. The van der Waals surface area contributed by atoms with Gasteiger partial charge in [-0.15, -0.1) is 0 Å². The van der Waals surface area contributed by atoms with Crippen molar-refractivity contribution in [2.75, 3.05) is 13.2 Å². The average Bonchev–Trinajstić information content (AvgIpc) is 2.74. The van der Waals surface area contributed by atoms with Gasteiger partial charge in [0.2, 0.25) is 0 Å². The van der Waals surface area contributed by atoms with E-state index >= 15 is 0 Å². The van der Waals surface area contributed by atoms with Crippen LogP contribution in [-0.2, 0) is 11.8 Å². The van der Waals surface area contributed by atoms with Crippen LogP contribution in [0.3, 0.4) is 0 Å². The molecule has 2 heterocycles. The lowest BCUT2D eigenvalue weighted by molar-refractivity contribution is 0.219. The smallest absolute Gasteiger partial charge is 0.0876 e. The third-order valence-electron chi connectivity index (χ3n) is 2.80. The molecule has 0 aliphatic carbocycles. The van der Waals surface area contributed by atoms with Crippen molar-refractivity contribution in [2.45, 2.75) is 25.8 Å². The summed E-state index contributed by atoms with van der Waals surface area (Å²) in [4.78, 5) is 0. The number of likely N-dealkylation sites (N-methyl/N-ethyl adjacent to an activating group) is 1. The minimum absolute atomic E-state index is 0.249. The van der Waals surface area contributed by atoms with Crippen LogP contribution in [0.1, 0.15) is 31.4 Å². The van der Waals surface area contributed by atoms with Gasteiger partial charge in [-0.3, -0.25) is 4.68 Å². The molecule has 0 amide bonds. The molecule has 2 rings (SSSR count). The lowest BCUT2D eigenvalue weighted by Crippen LogP contribution is -2.24. The van der Waals surface area contributed by atoms with E-state index < -0.39 is 0 Å². The van der Waals surface area contributed by atoms with Gasteiger partial charge in [0.1, 0.15) is 0 Å². The van der Waals surface area contributed by atoms with E-state index in [4.69, 9.17) is 4.74 Å². The number of rotatable bonds is 4. The Labute approximate surface area is 96.3 Å². The summed E-state index contributed by atoms with van der Waals surface area (Å²) < 4.78 is 7.25. The van der Waals surface area contributed by atoms with Crippen molar-refractivity contribution in [3.63, 3.8) is 0 Å². The van der Waals surface area contributed by atoms with Gasteiger partial charge in [-0.05, 0) is 25.0 Å². The highest BCUT2D eigenvalue weighted by Crippen LogP contribution is 2.27. The Morgan fingerprint density at radius 1 is 1.62 bits per heavy atom. The molecule has 0 spiro atoms. The highest BCUT2D eigenvalue weighted by molar-refractivity contribution is 5.24. The van der Waals surface area contributed by atoms with Crippen LogP contribution in [0, 0.1) is 0 Å². The van der Waals surface area contributed by atoms with Gasteiger partial charge in [0.05, 0.1) is 25.1 Å². The molecule has 1 atom stereocenters. The zero-order valence-electron chi connectivity index (χ0n) is 9.94. The van der Waals surface area contributed by atoms with Crippen molar-refractivity contribution >= 4 is 0 Å². The summed E-state index contributed by atoms with van der Waals surface area (Å²) in [6.07, 6.45) is 8.09. The number of nitrogens with zero attached hydrogens (tertiary/aromatic N) is 2. The molecule has 4 heteroatoms. The number of hydrogen-bond acceptors (Lipinski definition) is 3. The summed E-state index contributed by atoms with van der Waals surface area (Å²) in [6.45, 7) is 3.90. The molecule has 0 fully saturated rings. The van der Waals surface area contributed by atoms with Crippen molar-refractivity contribution in [3.05, 3.63) is 29.8 Å². The monoisotopic (exact) mass is 221 g/mol. The Morgan fingerprint density at radius 2 is 2.50 bits per heavy atom. The van der Waals surface area contributed by atoms with Crippen LogP contribution in [0.5, 0.6) is 0 Å². The van der Waals surface area contributed by atoms with Crippen molar-refractivity contribution in [2.24, 2.45) is 7.05 Å². The number of aromatic nitrogens is 2. The predicted octanol–water partition coefficient (Wildman–Crippen LogP) is 1.76. The molecule has 1 aliphatic heterocycles. The quantitative estimate of drug-likeness (QED) is 0.842. The van der Waals surface area contributed by atoms with E-state index in [1.165, 1.54) is 11.1 Å². The molecule has 0 saturated carbocycles. The second-order valence-electron chi connectivity index (χ2n) is 4.11. The maximum absolute atomic E-state index is 5.41. The van der Waals surface area contributed by atoms with Crippen molar-refractivity contribution < 1.29 is 4.74 Å². The minimum atomic E-state index is 0.249. The molecule has 0 aromatic carbocycles. The first kappa shape index (κ1) is 11.2. The van der Waals surface area contributed by atoms with Crippen molar-refractivity contribution in [1.82, 2.24) is 15.1 Å². The van der Waals surface area contributed by atoms with Gasteiger partial charge >= 0.3 is 0 Å². The van der Waals surface area contributed by atoms with Gasteiger partial charge in [0.15, 0.2) is 0 Å². The van der Waals surface area contributed by atoms with Crippen LogP contribution in [-0.4, -0.2) is 22.9 Å². The summed E-state index contributed by atoms with van der Waals surface area (Å²) in [5.41, 5.74) is 2.53. The Kier molecular flexibility index (Phi) is 3.62. The van der Waals surface area contributed by atoms with E-state index in [1.54, 1.807) is 0 Å². The summed E-state index contributed by atoms with van der Waals surface area (Å²) in [6, 6.07) is 0.249. The van der Waals surface area contributed by atoms with Gasteiger partial charge in [-0.1, -0.05) is 6.92 Å². The summed E-state index contributed by atoms with van der Waals surface area (Å²) in [7, 11) is 1.94. The van der Waals surface area contributed by atoms with Gasteiger partial charge in [0, 0.05) is 18.8 Å². The second kappa shape index (κ2) is 5.16. The topological polar surface area (TPSA) is 39.1 Å². The molecule has 1 aromatic heterocycles. The van der Waals surface area contributed by atoms with Gasteiger partial charge in [-0.25, -0.2) is 0 Å². The first-order valence-corrected chi connectivity index (χ1v) is 5.83. The molecule has 0 saturated heterocycles. The fraction of sp³-hybridized carbons (Fsp3) is 0.583. The fourth-order valence-corrected chi connectivity index (χ4v) is 2.05. The summed E-state index contributed by atoms with van der Waals surface area (Å²) >= 11 is 0. The molecule has 88 valence electrons. The lowest BCUT2D eigenvalue weighted by atomic mass is 9.97. The van der Waals surface area contributed by atoms with E-state index in [9.17, 15) is 0 Å². The fourth-order valence-electron chi connectivity index (χ4n) is 2.05. The van der Waals surface area contributed by atoms with E-state index in [0.29, 0.717) is 0 Å². The van der Waals surface area contributed by atoms with Crippen LogP contribution in [0.15, 0.2) is 24.2 Å². The largest absolute Gasteiger partial charge is 0.501 e. The van der Waals surface area contributed by atoms with Crippen LogP contribution < -0.4 is 5.32 Å².